The molecule has 0 saturated carbocycles. The second kappa shape index (κ2) is 4.96. The molecule has 1 atom stereocenters. The molecule has 1 N–H and O–H groups in total. The normalized spacial score (nSPS) is 19.6. The highest BCUT2D eigenvalue weighted by Gasteiger charge is 2.15. The molecule has 2 aromatic rings. The van der Waals surface area contributed by atoms with Crippen molar-refractivity contribution in [3.63, 3.8) is 0 Å². The SMILES string of the molecule is c1ccc2c(NCC3CCCS3)nccc2c1. The zero-order chi connectivity index (χ0) is 11.5. The molecule has 0 amide bonds. The van der Waals surface area contributed by atoms with Gasteiger partial charge in [-0.05, 0) is 30.0 Å². The second-order valence-electron chi connectivity index (χ2n) is 4.40. The Morgan fingerprint density at radius 2 is 2.24 bits per heavy atom. The summed E-state index contributed by atoms with van der Waals surface area (Å²) in [6.07, 6.45) is 4.58. The highest BCUT2D eigenvalue weighted by Crippen LogP contribution is 2.27. The highest BCUT2D eigenvalue weighted by molar-refractivity contribution is 8.00. The average Bonchev–Trinajstić information content (AvgIpc) is 2.89. The molecule has 17 heavy (non-hydrogen) atoms. The van der Waals surface area contributed by atoms with Crippen molar-refractivity contribution in [1.82, 2.24) is 4.98 Å². The molecule has 1 aliphatic heterocycles. The number of rotatable bonds is 3. The molecule has 0 spiro atoms. The number of hydrogen-bond acceptors (Lipinski definition) is 3. The molecule has 0 radical (unpaired) electrons. The summed E-state index contributed by atoms with van der Waals surface area (Å²) in [5.41, 5.74) is 0. The Morgan fingerprint density at radius 1 is 1.29 bits per heavy atom. The fraction of sp³-hybridized carbons (Fsp3) is 0.357. The van der Waals surface area contributed by atoms with Crippen LogP contribution in [0.4, 0.5) is 5.82 Å². The lowest BCUT2D eigenvalue weighted by molar-refractivity contribution is 0.804. The second-order valence-corrected chi connectivity index (χ2v) is 5.80. The van der Waals surface area contributed by atoms with Crippen LogP contribution in [0.15, 0.2) is 36.5 Å². The predicted octanol–water partition coefficient (Wildman–Crippen LogP) is 3.54. The lowest BCUT2D eigenvalue weighted by Crippen LogP contribution is -2.14. The molecule has 1 aromatic carbocycles. The first-order chi connectivity index (χ1) is 8.43. The zero-order valence-corrected chi connectivity index (χ0v) is 10.5. The van der Waals surface area contributed by atoms with Gasteiger partial charge < -0.3 is 5.32 Å². The van der Waals surface area contributed by atoms with Crippen LogP contribution < -0.4 is 5.32 Å². The third-order valence-electron chi connectivity index (χ3n) is 3.19. The van der Waals surface area contributed by atoms with Gasteiger partial charge >= 0.3 is 0 Å². The van der Waals surface area contributed by atoms with Crippen LogP contribution in [0.3, 0.4) is 0 Å². The number of hydrogen-bond donors (Lipinski definition) is 1. The van der Waals surface area contributed by atoms with E-state index in [9.17, 15) is 0 Å². The summed E-state index contributed by atoms with van der Waals surface area (Å²) in [5.74, 6) is 2.34. The maximum absolute atomic E-state index is 4.45. The summed E-state index contributed by atoms with van der Waals surface area (Å²) in [4.78, 5) is 4.45. The predicted molar refractivity (Wildman–Crippen MR) is 75.7 cm³/mol. The Labute approximate surface area is 106 Å². The quantitative estimate of drug-likeness (QED) is 0.894. The summed E-state index contributed by atoms with van der Waals surface area (Å²) >= 11 is 2.08. The fourth-order valence-corrected chi connectivity index (χ4v) is 3.48. The van der Waals surface area contributed by atoms with E-state index >= 15 is 0 Å². The van der Waals surface area contributed by atoms with Gasteiger partial charge in [0, 0.05) is 23.4 Å². The van der Waals surface area contributed by atoms with Gasteiger partial charge in [-0.2, -0.15) is 11.8 Å². The van der Waals surface area contributed by atoms with Crippen molar-refractivity contribution >= 4 is 28.4 Å². The van der Waals surface area contributed by atoms with Crippen LogP contribution in [0.1, 0.15) is 12.8 Å². The van der Waals surface area contributed by atoms with Gasteiger partial charge in [-0.3, -0.25) is 0 Å². The van der Waals surface area contributed by atoms with Gasteiger partial charge in [0.25, 0.3) is 0 Å². The molecule has 1 aliphatic rings. The van der Waals surface area contributed by atoms with Crippen LogP contribution >= 0.6 is 11.8 Å². The largest absolute Gasteiger partial charge is 0.368 e. The van der Waals surface area contributed by atoms with E-state index in [4.69, 9.17) is 0 Å². The van der Waals surface area contributed by atoms with Gasteiger partial charge in [0.1, 0.15) is 5.82 Å². The number of thioether (sulfide) groups is 1. The van der Waals surface area contributed by atoms with Gasteiger partial charge in [-0.1, -0.05) is 24.3 Å². The molecule has 0 aliphatic carbocycles. The number of pyridine rings is 1. The van der Waals surface area contributed by atoms with Crippen LogP contribution in [0.25, 0.3) is 10.8 Å². The zero-order valence-electron chi connectivity index (χ0n) is 9.73. The van der Waals surface area contributed by atoms with E-state index in [1.54, 1.807) is 0 Å². The minimum atomic E-state index is 0.760. The molecule has 1 unspecified atom stereocenters. The standard InChI is InChI=1S/C14H16N2S/c1-2-6-13-11(4-1)7-8-15-14(13)16-10-12-5-3-9-17-12/h1-2,4,6-8,12H,3,5,9-10H2,(H,15,16). The van der Waals surface area contributed by atoms with Crippen LogP contribution in [-0.2, 0) is 0 Å². The van der Waals surface area contributed by atoms with E-state index < -0.39 is 0 Å². The molecule has 2 nitrogen and oxygen atoms in total. The first-order valence-corrected chi connectivity index (χ1v) is 7.17. The van der Waals surface area contributed by atoms with Gasteiger partial charge in [-0.15, -0.1) is 0 Å². The van der Waals surface area contributed by atoms with E-state index in [0.29, 0.717) is 0 Å². The van der Waals surface area contributed by atoms with E-state index in [2.05, 4.69) is 52.4 Å². The molecule has 3 rings (SSSR count). The van der Waals surface area contributed by atoms with Gasteiger partial charge in [0.2, 0.25) is 0 Å². The maximum atomic E-state index is 4.45. The summed E-state index contributed by atoms with van der Waals surface area (Å²) in [7, 11) is 0. The topological polar surface area (TPSA) is 24.9 Å². The summed E-state index contributed by atoms with van der Waals surface area (Å²) in [5, 5.41) is 6.73. The average molecular weight is 244 g/mol. The fourth-order valence-electron chi connectivity index (χ4n) is 2.28. The van der Waals surface area contributed by atoms with Crippen LogP contribution in [-0.4, -0.2) is 22.5 Å². The van der Waals surface area contributed by atoms with E-state index in [0.717, 1.165) is 17.6 Å². The molecule has 1 aromatic heterocycles. The molecule has 3 heteroatoms. The molecule has 1 saturated heterocycles. The smallest absolute Gasteiger partial charge is 0.133 e. The molecular weight excluding hydrogens is 228 g/mol. The molecule has 1 fully saturated rings. The van der Waals surface area contributed by atoms with Gasteiger partial charge in [-0.25, -0.2) is 4.98 Å². The number of benzene rings is 1. The van der Waals surface area contributed by atoms with E-state index in [-0.39, 0.29) is 0 Å². The van der Waals surface area contributed by atoms with Crippen molar-refractivity contribution in [3.05, 3.63) is 36.5 Å². The Bertz CT molecular complexity index is 501. The Balaban J connectivity index is 1.79. The van der Waals surface area contributed by atoms with Crippen molar-refractivity contribution < 1.29 is 0 Å². The minimum Gasteiger partial charge on any atom is -0.368 e. The van der Waals surface area contributed by atoms with Gasteiger partial charge in [0.15, 0.2) is 0 Å². The lowest BCUT2D eigenvalue weighted by Gasteiger charge is -2.12. The monoisotopic (exact) mass is 244 g/mol. The van der Waals surface area contributed by atoms with Crippen LogP contribution in [0.5, 0.6) is 0 Å². The summed E-state index contributed by atoms with van der Waals surface area (Å²) in [6.45, 7) is 1.03. The number of fused-ring (bicyclic) bond motifs is 1. The van der Waals surface area contributed by atoms with Crippen molar-refractivity contribution in [2.24, 2.45) is 0 Å². The van der Waals surface area contributed by atoms with Gasteiger partial charge in [0.05, 0.1) is 0 Å². The van der Waals surface area contributed by atoms with Crippen molar-refractivity contribution in [1.29, 1.82) is 0 Å². The summed E-state index contributed by atoms with van der Waals surface area (Å²) < 4.78 is 0. The number of anilines is 1. The Hall–Kier alpha value is -1.22. The molecule has 88 valence electrons. The van der Waals surface area contributed by atoms with Crippen molar-refractivity contribution in [2.45, 2.75) is 18.1 Å². The van der Waals surface area contributed by atoms with E-state index in [1.807, 2.05) is 6.20 Å². The Kier molecular flexibility index (Phi) is 3.18. The van der Waals surface area contributed by atoms with E-state index in [1.165, 1.54) is 29.4 Å². The third kappa shape index (κ3) is 2.39. The first kappa shape index (κ1) is 10.9. The third-order valence-corrected chi connectivity index (χ3v) is 4.59. The highest BCUT2D eigenvalue weighted by atomic mass is 32.2. The maximum Gasteiger partial charge on any atom is 0.133 e. The van der Waals surface area contributed by atoms with Crippen LogP contribution in [0, 0.1) is 0 Å². The summed E-state index contributed by atoms with van der Waals surface area (Å²) in [6, 6.07) is 10.5. The van der Waals surface area contributed by atoms with Crippen molar-refractivity contribution in [3.8, 4) is 0 Å². The number of aromatic nitrogens is 1. The van der Waals surface area contributed by atoms with Crippen LogP contribution in [0.2, 0.25) is 0 Å². The first-order valence-electron chi connectivity index (χ1n) is 6.13. The number of nitrogens with one attached hydrogen (secondary N) is 1. The molecular formula is C14H16N2S. The minimum absolute atomic E-state index is 0.760. The Morgan fingerprint density at radius 3 is 3.12 bits per heavy atom. The van der Waals surface area contributed by atoms with Crippen molar-refractivity contribution in [2.75, 3.05) is 17.6 Å². The number of nitrogens with zero attached hydrogens (tertiary/aromatic N) is 1. The molecule has 0 bridgehead atoms. The molecule has 2 heterocycles. The lowest BCUT2D eigenvalue weighted by atomic mass is 10.1.